The van der Waals surface area contributed by atoms with Crippen molar-refractivity contribution in [3.05, 3.63) is 35.9 Å². The number of benzene rings is 1. The minimum Gasteiger partial charge on any atom is -0.351 e. The Morgan fingerprint density at radius 2 is 1.90 bits per heavy atom. The molecule has 20 heavy (non-hydrogen) atoms. The number of nitrogens with zero attached hydrogens (tertiary/aromatic N) is 2. The molecular weight excluding hydrogens is 252 g/mol. The van der Waals surface area contributed by atoms with Crippen molar-refractivity contribution in [2.45, 2.75) is 51.5 Å². The van der Waals surface area contributed by atoms with Gasteiger partial charge in [0.1, 0.15) is 6.23 Å². The molecule has 4 heteroatoms. The van der Waals surface area contributed by atoms with Gasteiger partial charge in [-0.05, 0) is 26.3 Å². The summed E-state index contributed by atoms with van der Waals surface area (Å²) in [5, 5.41) is 4.01. The molecule has 2 saturated heterocycles. The van der Waals surface area contributed by atoms with Gasteiger partial charge in [0.15, 0.2) is 0 Å². The van der Waals surface area contributed by atoms with Crippen molar-refractivity contribution >= 4 is 5.91 Å². The average molecular weight is 274 g/mol. The van der Waals surface area contributed by atoms with Crippen LogP contribution < -0.4 is 0 Å². The van der Waals surface area contributed by atoms with Gasteiger partial charge in [0.05, 0.1) is 11.6 Å². The van der Waals surface area contributed by atoms with E-state index in [2.05, 4.69) is 29.3 Å². The van der Waals surface area contributed by atoms with Gasteiger partial charge in [-0.25, -0.2) is 10.0 Å². The first-order valence-electron chi connectivity index (χ1n) is 7.27. The van der Waals surface area contributed by atoms with Crippen molar-refractivity contribution in [2.75, 3.05) is 6.54 Å². The van der Waals surface area contributed by atoms with E-state index in [4.69, 9.17) is 4.74 Å². The van der Waals surface area contributed by atoms with Crippen molar-refractivity contribution in [3.8, 4) is 0 Å². The average Bonchev–Trinajstić information content (AvgIpc) is 2.91. The van der Waals surface area contributed by atoms with Crippen molar-refractivity contribution in [1.29, 1.82) is 0 Å². The largest absolute Gasteiger partial charge is 0.351 e. The highest BCUT2D eigenvalue weighted by molar-refractivity contribution is 5.78. The Bertz CT molecular complexity index is 495. The molecule has 0 aliphatic carbocycles. The number of ether oxygens (including phenoxy) is 1. The predicted molar refractivity (Wildman–Crippen MR) is 76.6 cm³/mol. The highest BCUT2D eigenvalue weighted by Crippen LogP contribution is 2.41. The normalized spacial score (nSPS) is 27.1. The van der Waals surface area contributed by atoms with E-state index in [1.807, 2.05) is 31.8 Å². The molecule has 1 aromatic carbocycles. The molecule has 0 aromatic heterocycles. The van der Waals surface area contributed by atoms with Crippen molar-refractivity contribution in [3.63, 3.8) is 0 Å². The molecule has 2 heterocycles. The summed E-state index contributed by atoms with van der Waals surface area (Å²) < 4.78 is 6.10. The van der Waals surface area contributed by atoms with Crippen molar-refractivity contribution < 1.29 is 9.53 Å². The molecule has 1 amide bonds. The second-order valence-electron chi connectivity index (χ2n) is 6.50. The fourth-order valence-electron chi connectivity index (χ4n) is 3.11. The maximum Gasteiger partial charge on any atom is 0.240 e. The van der Waals surface area contributed by atoms with E-state index in [9.17, 15) is 4.79 Å². The summed E-state index contributed by atoms with van der Waals surface area (Å²) in [6, 6.07) is 10.6. The molecule has 1 aromatic rings. The quantitative estimate of drug-likeness (QED) is 0.831. The molecule has 2 aliphatic rings. The number of carbonyl (C=O) groups excluding carboxylic acids is 1. The number of carbonyl (C=O) groups is 1. The molecule has 3 rings (SSSR count). The van der Waals surface area contributed by atoms with Gasteiger partial charge in [0, 0.05) is 19.4 Å². The predicted octanol–water partition coefficient (Wildman–Crippen LogP) is 2.72. The molecule has 2 atom stereocenters. The Morgan fingerprint density at radius 1 is 1.20 bits per heavy atom. The maximum atomic E-state index is 12.1. The molecule has 0 N–H and O–H groups in total. The third kappa shape index (κ3) is 2.45. The lowest BCUT2D eigenvalue weighted by Gasteiger charge is -2.31. The van der Waals surface area contributed by atoms with Crippen LogP contribution in [0.1, 0.15) is 45.2 Å². The minimum absolute atomic E-state index is 0.143. The van der Waals surface area contributed by atoms with Gasteiger partial charge in [-0.1, -0.05) is 30.3 Å². The number of fused-ring (bicyclic) bond motifs is 1. The lowest BCUT2D eigenvalue weighted by molar-refractivity contribution is -0.172. The standard InChI is InChI=1S/C16H22N2O2/c1-16(2,3)20-15-11-13(12-7-5-4-6-8-12)17-10-9-14(19)18(15)17/h4-8,13,15H,9-11H2,1-3H3/t13-,15+/m1/s1. The van der Waals surface area contributed by atoms with E-state index in [0.29, 0.717) is 6.42 Å². The minimum atomic E-state index is -0.245. The highest BCUT2D eigenvalue weighted by Gasteiger charge is 2.47. The first-order valence-corrected chi connectivity index (χ1v) is 7.27. The molecule has 4 nitrogen and oxygen atoms in total. The van der Waals surface area contributed by atoms with Gasteiger partial charge in [0.25, 0.3) is 0 Å². The summed E-state index contributed by atoms with van der Waals surface area (Å²) in [5.74, 6) is 0.178. The number of hydrazine groups is 1. The molecule has 0 radical (unpaired) electrons. The highest BCUT2D eigenvalue weighted by atomic mass is 16.5. The van der Waals surface area contributed by atoms with Crippen LogP contribution in [0.25, 0.3) is 0 Å². The zero-order valence-electron chi connectivity index (χ0n) is 12.4. The second kappa shape index (κ2) is 4.86. The molecule has 0 saturated carbocycles. The molecular formula is C16H22N2O2. The first kappa shape index (κ1) is 13.6. The lowest BCUT2D eigenvalue weighted by Crippen LogP contribution is -2.42. The summed E-state index contributed by atoms with van der Waals surface area (Å²) in [6.07, 6.45) is 1.29. The van der Waals surface area contributed by atoms with Crippen LogP contribution in [0.5, 0.6) is 0 Å². The van der Waals surface area contributed by atoms with Crippen LogP contribution in [0.3, 0.4) is 0 Å². The SMILES string of the molecule is CC(C)(C)O[C@H]1C[C@H](c2ccccc2)N2CCC(=O)N12. The van der Waals surface area contributed by atoms with E-state index >= 15 is 0 Å². The number of amides is 1. The van der Waals surface area contributed by atoms with Crippen molar-refractivity contribution in [1.82, 2.24) is 10.0 Å². The van der Waals surface area contributed by atoms with Crippen LogP contribution in [0, 0.1) is 0 Å². The first-order chi connectivity index (χ1) is 9.46. The van der Waals surface area contributed by atoms with Gasteiger partial charge >= 0.3 is 0 Å². The van der Waals surface area contributed by atoms with E-state index < -0.39 is 0 Å². The van der Waals surface area contributed by atoms with Crippen LogP contribution in [-0.4, -0.2) is 34.3 Å². The summed E-state index contributed by atoms with van der Waals surface area (Å²) in [7, 11) is 0. The van der Waals surface area contributed by atoms with E-state index in [-0.39, 0.29) is 23.8 Å². The maximum absolute atomic E-state index is 12.1. The molecule has 0 spiro atoms. The fourth-order valence-corrected chi connectivity index (χ4v) is 3.11. The van der Waals surface area contributed by atoms with Crippen LogP contribution in [0.2, 0.25) is 0 Å². The smallest absolute Gasteiger partial charge is 0.240 e. The van der Waals surface area contributed by atoms with Gasteiger partial charge < -0.3 is 4.74 Å². The zero-order valence-corrected chi connectivity index (χ0v) is 12.4. The zero-order chi connectivity index (χ0) is 14.3. The van der Waals surface area contributed by atoms with Crippen LogP contribution in [0.4, 0.5) is 0 Å². The number of hydrogen-bond acceptors (Lipinski definition) is 3. The van der Waals surface area contributed by atoms with Gasteiger partial charge in [-0.15, -0.1) is 0 Å². The van der Waals surface area contributed by atoms with Crippen LogP contribution >= 0.6 is 0 Å². The topological polar surface area (TPSA) is 32.8 Å². The molecule has 108 valence electrons. The third-order valence-electron chi connectivity index (χ3n) is 3.82. The van der Waals surface area contributed by atoms with Crippen LogP contribution in [0.15, 0.2) is 30.3 Å². The van der Waals surface area contributed by atoms with Gasteiger partial charge in [0.2, 0.25) is 5.91 Å². The van der Waals surface area contributed by atoms with Gasteiger partial charge in [-0.2, -0.15) is 0 Å². The Morgan fingerprint density at radius 3 is 2.55 bits per heavy atom. The molecule has 2 fully saturated rings. The molecule has 0 unspecified atom stereocenters. The molecule has 2 aliphatic heterocycles. The molecule has 0 bridgehead atoms. The third-order valence-corrected chi connectivity index (χ3v) is 3.82. The Balaban J connectivity index is 1.86. The van der Waals surface area contributed by atoms with E-state index in [1.54, 1.807) is 0 Å². The Kier molecular flexibility index (Phi) is 3.30. The second-order valence-corrected chi connectivity index (χ2v) is 6.50. The van der Waals surface area contributed by atoms with Crippen LogP contribution in [-0.2, 0) is 9.53 Å². The van der Waals surface area contributed by atoms with E-state index in [1.165, 1.54) is 5.56 Å². The monoisotopic (exact) mass is 274 g/mol. The summed E-state index contributed by atoms with van der Waals surface area (Å²) in [4.78, 5) is 12.1. The van der Waals surface area contributed by atoms with Crippen molar-refractivity contribution in [2.24, 2.45) is 0 Å². The number of hydrogen-bond donors (Lipinski definition) is 0. The fraction of sp³-hybridized carbons (Fsp3) is 0.562. The summed E-state index contributed by atoms with van der Waals surface area (Å²) >= 11 is 0. The Hall–Kier alpha value is -1.39. The van der Waals surface area contributed by atoms with Gasteiger partial charge in [-0.3, -0.25) is 4.79 Å². The summed E-state index contributed by atoms with van der Waals surface area (Å²) in [5.41, 5.74) is 1.01. The summed E-state index contributed by atoms with van der Waals surface area (Å²) in [6.45, 7) is 6.90. The lowest BCUT2D eigenvalue weighted by atomic mass is 10.0. The number of rotatable bonds is 2. The van der Waals surface area contributed by atoms with E-state index in [0.717, 1.165) is 13.0 Å². The Labute approximate surface area is 120 Å².